The SMILES string of the molecule is Cc1c(F)cc(C(N)=O)cc1NC(=O)c1ccc(Br)nc1. The highest BCUT2D eigenvalue weighted by molar-refractivity contribution is 9.10. The van der Waals surface area contributed by atoms with Gasteiger partial charge < -0.3 is 11.1 Å². The first kappa shape index (κ1) is 15.1. The van der Waals surface area contributed by atoms with Crippen molar-refractivity contribution >= 4 is 33.4 Å². The Kier molecular flexibility index (Phi) is 4.32. The van der Waals surface area contributed by atoms with Gasteiger partial charge in [-0.2, -0.15) is 0 Å². The van der Waals surface area contributed by atoms with Crippen LogP contribution >= 0.6 is 15.9 Å². The Bertz CT molecular complexity index is 717. The second kappa shape index (κ2) is 6.01. The van der Waals surface area contributed by atoms with E-state index in [1.807, 2.05) is 0 Å². The van der Waals surface area contributed by atoms with Crippen LogP contribution in [0.3, 0.4) is 0 Å². The molecule has 1 heterocycles. The van der Waals surface area contributed by atoms with Crippen molar-refractivity contribution in [3.8, 4) is 0 Å². The molecular weight excluding hydrogens is 341 g/mol. The highest BCUT2D eigenvalue weighted by Crippen LogP contribution is 2.21. The number of nitrogens with one attached hydrogen (secondary N) is 1. The lowest BCUT2D eigenvalue weighted by Gasteiger charge is -2.10. The zero-order valence-electron chi connectivity index (χ0n) is 11.0. The van der Waals surface area contributed by atoms with Crippen LogP contribution in [0, 0.1) is 12.7 Å². The van der Waals surface area contributed by atoms with E-state index in [1.54, 1.807) is 12.1 Å². The predicted molar refractivity (Wildman–Crippen MR) is 79.5 cm³/mol. The van der Waals surface area contributed by atoms with Crippen LogP contribution in [0.25, 0.3) is 0 Å². The van der Waals surface area contributed by atoms with Crippen LogP contribution in [0.15, 0.2) is 35.1 Å². The van der Waals surface area contributed by atoms with Crippen LogP contribution in [-0.2, 0) is 0 Å². The van der Waals surface area contributed by atoms with Gasteiger partial charge >= 0.3 is 0 Å². The second-order valence-electron chi connectivity index (χ2n) is 4.32. The lowest BCUT2D eigenvalue weighted by atomic mass is 10.1. The van der Waals surface area contributed by atoms with Crippen molar-refractivity contribution in [3.05, 3.63) is 57.6 Å². The number of primary amides is 1. The lowest BCUT2D eigenvalue weighted by Crippen LogP contribution is -2.16. The number of hydrogen-bond donors (Lipinski definition) is 2. The molecule has 0 radical (unpaired) electrons. The molecular formula is C14H11BrFN3O2. The first-order chi connectivity index (χ1) is 9.88. The molecule has 7 heteroatoms. The third kappa shape index (κ3) is 3.43. The zero-order chi connectivity index (χ0) is 15.6. The molecule has 0 aliphatic carbocycles. The fourth-order valence-corrected chi connectivity index (χ4v) is 1.89. The van der Waals surface area contributed by atoms with E-state index in [9.17, 15) is 14.0 Å². The van der Waals surface area contributed by atoms with Crippen LogP contribution in [0.1, 0.15) is 26.3 Å². The third-order valence-electron chi connectivity index (χ3n) is 2.87. The van der Waals surface area contributed by atoms with Crippen molar-refractivity contribution < 1.29 is 14.0 Å². The average molecular weight is 352 g/mol. The highest BCUT2D eigenvalue weighted by atomic mass is 79.9. The molecule has 2 amide bonds. The van der Waals surface area contributed by atoms with E-state index in [2.05, 4.69) is 26.2 Å². The Morgan fingerprint density at radius 1 is 1.29 bits per heavy atom. The summed E-state index contributed by atoms with van der Waals surface area (Å²) in [6, 6.07) is 5.55. The number of nitrogens with zero attached hydrogens (tertiary/aromatic N) is 1. The molecule has 2 aromatic rings. The van der Waals surface area contributed by atoms with Crippen LogP contribution in [0.2, 0.25) is 0 Å². The average Bonchev–Trinajstić information content (AvgIpc) is 2.44. The standard InChI is InChI=1S/C14H11BrFN3O2/c1-7-10(16)4-9(13(17)20)5-11(7)19-14(21)8-2-3-12(15)18-6-8/h2-6H,1H3,(H2,17,20)(H,19,21). The van der Waals surface area contributed by atoms with Crippen molar-refractivity contribution in [3.63, 3.8) is 0 Å². The molecule has 21 heavy (non-hydrogen) atoms. The molecule has 0 aliphatic heterocycles. The fraction of sp³-hybridized carbons (Fsp3) is 0.0714. The first-order valence-electron chi connectivity index (χ1n) is 5.91. The van der Waals surface area contributed by atoms with Crippen molar-refractivity contribution in [2.45, 2.75) is 6.92 Å². The summed E-state index contributed by atoms with van der Waals surface area (Å²) in [5, 5.41) is 2.54. The van der Waals surface area contributed by atoms with E-state index in [0.29, 0.717) is 10.2 Å². The van der Waals surface area contributed by atoms with Gasteiger partial charge in [-0.15, -0.1) is 0 Å². The molecule has 0 atom stereocenters. The van der Waals surface area contributed by atoms with E-state index in [-0.39, 0.29) is 16.8 Å². The van der Waals surface area contributed by atoms with Gasteiger partial charge in [0.05, 0.1) is 5.56 Å². The van der Waals surface area contributed by atoms with Gasteiger partial charge in [-0.25, -0.2) is 9.37 Å². The Balaban J connectivity index is 2.32. The topological polar surface area (TPSA) is 85.1 Å². The monoisotopic (exact) mass is 351 g/mol. The lowest BCUT2D eigenvalue weighted by molar-refractivity contribution is 0.0995. The summed E-state index contributed by atoms with van der Waals surface area (Å²) in [6.07, 6.45) is 1.38. The number of halogens is 2. The first-order valence-corrected chi connectivity index (χ1v) is 6.70. The molecule has 0 saturated heterocycles. The molecule has 0 saturated carbocycles. The van der Waals surface area contributed by atoms with Crippen molar-refractivity contribution in [1.29, 1.82) is 0 Å². The number of pyridine rings is 1. The largest absolute Gasteiger partial charge is 0.366 e. The summed E-state index contributed by atoms with van der Waals surface area (Å²) in [4.78, 5) is 27.1. The number of amides is 2. The quantitative estimate of drug-likeness (QED) is 0.833. The van der Waals surface area contributed by atoms with Crippen LogP contribution in [-0.4, -0.2) is 16.8 Å². The van der Waals surface area contributed by atoms with Gasteiger partial charge in [-0.05, 0) is 47.1 Å². The van der Waals surface area contributed by atoms with Gasteiger partial charge in [0.2, 0.25) is 5.91 Å². The van der Waals surface area contributed by atoms with Gasteiger partial charge in [0.15, 0.2) is 0 Å². The van der Waals surface area contributed by atoms with Crippen molar-refractivity contribution in [2.75, 3.05) is 5.32 Å². The maximum Gasteiger partial charge on any atom is 0.257 e. The number of aromatic nitrogens is 1. The van der Waals surface area contributed by atoms with Gasteiger partial charge in [0.1, 0.15) is 10.4 Å². The van der Waals surface area contributed by atoms with Crippen LogP contribution in [0.5, 0.6) is 0 Å². The van der Waals surface area contributed by atoms with Gasteiger partial charge in [-0.3, -0.25) is 9.59 Å². The summed E-state index contributed by atoms with van der Waals surface area (Å²) in [5.74, 6) is -1.84. The molecule has 5 nitrogen and oxygen atoms in total. The van der Waals surface area contributed by atoms with E-state index >= 15 is 0 Å². The van der Waals surface area contributed by atoms with Crippen molar-refractivity contribution in [2.24, 2.45) is 5.73 Å². The molecule has 3 N–H and O–H groups in total. The minimum Gasteiger partial charge on any atom is -0.366 e. The van der Waals surface area contributed by atoms with Crippen LogP contribution in [0.4, 0.5) is 10.1 Å². The minimum atomic E-state index is -0.769. The van der Waals surface area contributed by atoms with E-state index < -0.39 is 17.6 Å². The maximum absolute atomic E-state index is 13.7. The molecule has 0 bridgehead atoms. The molecule has 108 valence electrons. The second-order valence-corrected chi connectivity index (χ2v) is 5.13. The smallest absolute Gasteiger partial charge is 0.257 e. The molecule has 1 aromatic heterocycles. The number of nitrogens with two attached hydrogens (primary N) is 1. The molecule has 0 aliphatic rings. The Morgan fingerprint density at radius 3 is 2.57 bits per heavy atom. The third-order valence-corrected chi connectivity index (χ3v) is 3.34. The molecule has 1 aromatic carbocycles. The molecule has 0 spiro atoms. The van der Waals surface area contributed by atoms with E-state index in [1.165, 1.54) is 19.2 Å². The summed E-state index contributed by atoms with van der Waals surface area (Å²) in [6.45, 7) is 1.50. The number of benzene rings is 1. The molecule has 2 rings (SSSR count). The number of rotatable bonds is 3. The van der Waals surface area contributed by atoms with E-state index in [4.69, 9.17) is 5.73 Å². The summed E-state index contributed by atoms with van der Waals surface area (Å²) < 4.78 is 14.3. The van der Waals surface area contributed by atoms with Gasteiger partial charge in [-0.1, -0.05) is 0 Å². The van der Waals surface area contributed by atoms with Crippen LogP contribution < -0.4 is 11.1 Å². The Hall–Kier alpha value is -2.28. The maximum atomic E-state index is 13.7. The Morgan fingerprint density at radius 2 is 2.00 bits per heavy atom. The number of carbonyl (C=O) groups excluding carboxylic acids is 2. The molecule has 0 fully saturated rings. The van der Waals surface area contributed by atoms with Gasteiger partial charge in [0, 0.05) is 23.0 Å². The van der Waals surface area contributed by atoms with Gasteiger partial charge in [0.25, 0.3) is 5.91 Å². The fourth-order valence-electron chi connectivity index (χ4n) is 1.66. The summed E-state index contributed by atoms with van der Waals surface area (Å²) >= 11 is 3.16. The van der Waals surface area contributed by atoms with E-state index in [0.717, 1.165) is 6.07 Å². The molecule has 0 unspecified atom stereocenters. The highest BCUT2D eigenvalue weighted by Gasteiger charge is 2.13. The summed E-state index contributed by atoms with van der Waals surface area (Å²) in [5.41, 5.74) is 5.83. The number of anilines is 1. The summed E-state index contributed by atoms with van der Waals surface area (Å²) in [7, 11) is 0. The normalized spacial score (nSPS) is 10.2. The number of hydrogen-bond acceptors (Lipinski definition) is 3. The van der Waals surface area contributed by atoms with Crippen molar-refractivity contribution in [1.82, 2.24) is 4.98 Å². The zero-order valence-corrected chi connectivity index (χ0v) is 12.6. The Labute approximate surface area is 128 Å². The minimum absolute atomic E-state index is 0.0117. The predicted octanol–water partition coefficient (Wildman–Crippen LogP) is 2.64. The number of carbonyl (C=O) groups is 2.